The van der Waals surface area contributed by atoms with E-state index < -0.39 is 0 Å². The molecular weight excluding hydrogens is 476 g/mol. The van der Waals surface area contributed by atoms with Crippen LogP contribution in [0.5, 0.6) is 0 Å². The fourth-order valence-electron chi connectivity index (χ4n) is 4.16. The number of allylic oxidation sites excluding steroid dienone is 4. The van der Waals surface area contributed by atoms with Gasteiger partial charge in [-0.3, -0.25) is 0 Å². The Morgan fingerprint density at radius 2 is 1.62 bits per heavy atom. The third kappa shape index (κ3) is 11.5. The maximum atomic E-state index is 6.05. The van der Waals surface area contributed by atoms with Gasteiger partial charge >= 0.3 is 0 Å². The Bertz CT molecular complexity index is 1060. The Labute approximate surface area is 227 Å². The minimum atomic E-state index is 0.112. The van der Waals surface area contributed by atoms with Gasteiger partial charge in [0.1, 0.15) is 28.5 Å². The van der Waals surface area contributed by atoms with Gasteiger partial charge in [-0.15, -0.1) is 9.94 Å². The molecule has 0 saturated carbocycles. The van der Waals surface area contributed by atoms with Crippen molar-refractivity contribution >= 4 is 22.8 Å². The summed E-state index contributed by atoms with van der Waals surface area (Å²) in [4.78, 5) is 16.4. The van der Waals surface area contributed by atoms with Crippen LogP contribution in [0.2, 0.25) is 0 Å². The second kappa shape index (κ2) is 17.8. The Hall–Kier alpha value is -2.60. The number of hydrogen-bond acceptors (Lipinski definition) is 5. The fourth-order valence-corrected chi connectivity index (χ4v) is 5.06. The molecule has 0 N–H and O–H groups in total. The molecular formula is C31H44N4OS. The molecule has 0 aliphatic rings. The first-order valence-electron chi connectivity index (χ1n) is 14.1. The first-order chi connectivity index (χ1) is 18.3. The van der Waals surface area contributed by atoms with E-state index in [0.717, 1.165) is 34.7 Å². The van der Waals surface area contributed by atoms with Crippen LogP contribution in [0.15, 0.2) is 72.2 Å². The molecule has 1 atom stereocenters. The summed E-state index contributed by atoms with van der Waals surface area (Å²) in [6.45, 7) is 4.37. The first kappa shape index (κ1) is 29.0. The molecule has 1 aromatic carbocycles. The Kier molecular flexibility index (Phi) is 13.9. The molecule has 0 radical (unpaired) electrons. The van der Waals surface area contributed by atoms with Gasteiger partial charge < -0.3 is 4.84 Å². The van der Waals surface area contributed by atoms with Crippen molar-refractivity contribution in [2.75, 3.05) is 0 Å². The fraction of sp³-hybridized carbons (Fsp3) is 0.516. The van der Waals surface area contributed by atoms with Gasteiger partial charge in [0.05, 0.1) is 6.20 Å². The van der Waals surface area contributed by atoms with E-state index in [-0.39, 0.29) is 6.10 Å². The minimum absolute atomic E-state index is 0.112. The number of aromatic nitrogens is 4. The summed E-state index contributed by atoms with van der Waals surface area (Å²) in [6.07, 6.45) is 27.7. The lowest BCUT2D eigenvalue weighted by Gasteiger charge is -2.13. The molecule has 0 saturated heterocycles. The molecule has 2 aromatic heterocycles. The number of fused-ring (bicyclic) bond motifs is 1. The highest BCUT2D eigenvalue weighted by Crippen LogP contribution is 2.26. The van der Waals surface area contributed by atoms with Gasteiger partial charge in [-0.2, -0.15) is 0 Å². The molecule has 0 bridgehead atoms. The summed E-state index contributed by atoms with van der Waals surface area (Å²) in [5.74, 6) is 0.851. The molecule has 2 heterocycles. The predicted molar refractivity (Wildman–Crippen MR) is 157 cm³/mol. The lowest BCUT2D eigenvalue weighted by molar-refractivity contribution is 0.0209. The Balaban J connectivity index is 1.27. The highest BCUT2D eigenvalue weighted by atomic mass is 32.2. The minimum Gasteiger partial charge on any atom is -0.394 e. The molecule has 200 valence electrons. The van der Waals surface area contributed by atoms with Gasteiger partial charge in [0.2, 0.25) is 0 Å². The first-order valence-corrected chi connectivity index (χ1v) is 15.1. The third-order valence-corrected chi connectivity index (χ3v) is 7.37. The second-order valence-electron chi connectivity index (χ2n) is 9.65. The predicted octanol–water partition coefficient (Wildman–Crippen LogP) is 8.75. The standard InChI is InChI=1S/C31H44N4OS/c1-3-4-5-6-7-8-9-10-11-12-13-14-15-16-18-21-27(2)36-35-24-29-30(34-35)31(33-26-32-29)37-25-28-22-19-17-20-23-28/h7-8,10-11,17,19-20,22-24,26-27H,3-6,9,12-16,18,21,25H2,1-2H3/b8-7-,11-10-. The average molecular weight is 521 g/mol. The lowest BCUT2D eigenvalue weighted by atomic mass is 10.1. The van der Waals surface area contributed by atoms with Crippen LogP contribution < -0.4 is 4.84 Å². The van der Waals surface area contributed by atoms with Gasteiger partial charge in [-0.05, 0) is 57.4 Å². The quantitative estimate of drug-likeness (QED) is 0.0684. The number of benzene rings is 1. The zero-order chi connectivity index (χ0) is 26.0. The third-order valence-electron chi connectivity index (χ3n) is 6.32. The zero-order valence-electron chi connectivity index (χ0n) is 22.7. The molecule has 0 amide bonds. The van der Waals surface area contributed by atoms with Crippen molar-refractivity contribution in [3.8, 4) is 0 Å². The molecule has 0 spiro atoms. The van der Waals surface area contributed by atoms with E-state index in [1.54, 1.807) is 22.9 Å². The van der Waals surface area contributed by atoms with Gasteiger partial charge in [0, 0.05) is 5.75 Å². The molecule has 6 heteroatoms. The summed E-state index contributed by atoms with van der Waals surface area (Å²) in [5.41, 5.74) is 2.88. The molecule has 0 aliphatic carbocycles. The highest BCUT2D eigenvalue weighted by Gasteiger charge is 2.12. The van der Waals surface area contributed by atoms with Crippen LogP contribution in [0.1, 0.15) is 96.5 Å². The van der Waals surface area contributed by atoms with Crippen molar-refractivity contribution in [2.24, 2.45) is 0 Å². The second-order valence-corrected chi connectivity index (χ2v) is 10.6. The van der Waals surface area contributed by atoms with Crippen molar-refractivity contribution in [3.63, 3.8) is 0 Å². The SMILES string of the molecule is CCCCC/C=C\C/C=C\CCCCCCCC(C)On1cc2ncnc(SCc3ccccc3)c2n1. The van der Waals surface area contributed by atoms with Crippen molar-refractivity contribution < 1.29 is 4.84 Å². The summed E-state index contributed by atoms with van der Waals surface area (Å²) < 4.78 is 0. The van der Waals surface area contributed by atoms with Crippen LogP contribution in [-0.4, -0.2) is 26.0 Å². The molecule has 0 aliphatic heterocycles. The number of thioether (sulfide) groups is 1. The molecule has 3 aromatic rings. The molecule has 1 unspecified atom stereocenters. The van der Waals surface area contributed by atoms with E-state index in [1.807, 2.05) is 12.3 Å². The smallest absolute Gasteiger partial charge is 0.147 e. The zero-order valence-corrected chi connectivity index (χ0v) is 23.5. The molecule has 5 nitrogen and oxygen atoms in total. The number of unbranched alkanes of at least 4 members (excludes halogenated alkanes) is 8. The van der Waals surface area contributed by atoms with Crippen LogP contribution in [0.25, 0.3) is 11.0 Å². The van der Waals surface area contributed by atoms with E-state index in [0.29, 0.717) is 0 Å². The van der Waals surface area contributed by atoms with Gasteiger partial charge in [0.15, 0.2) is 0 Å². The van der Waals surface area contributed by atoms with Crippen LogP contribution in [0.4, 0.5) is 0 Å². The Morgan fingerprint density at radius 1 is 0.892 bits per heavy atom. The Morgan fingerprint density at radius 3 is 2.41 bits per heavy atom. The van der Waals surface area contributed by atoms with Crippen molar-refractivity contribution in [3.05, 3.63) is 72.7 Å². The van der Waals surface area contributed by atoms with Crippen molar-refractivity contribution in [2.45, 2.75) is 108 Å². The summed E-state index contributed by atoms with van der Waals surface area (Å²) in [7, 11) is 0. The van der Waals surface area contributed by atoms with Gasteiger partial charge in [0.25, 0.3) is 0 Å². The van der Waals surface area contributed by atoms with E-state index in [1.165, 1.54) is 69.8 Å². The van der Waals surface area contributed by atoms with Crippen molar-refractivity contribution in [1.82, 2.24) is 19.9 Å². The topological polar surface area (TPSA) is 52.8 Å². The molecule has 3 rings (SSSR count). The van der Waals surface area contributed by atoms with Crippen LogP contribution in [0, 0.1) is 0 Å². The van der Waals surface area contributed by atoms with Crippen LogP contribution in [0.3, 0.4) is 0 Å². The van der Waals surface area contributed by atoms with Crippen LogP contribution >= 0.6 is 11.8 Å². The average Bonchev–Trinajstić information content (AvgIpc) is 3.33. The largest absolute Gasteiger partial charge is 0.394 e. The maximum absolute atomic E-state index is 6.05. The van der Waals surface area contributed by atoms with Gasteiger partial charge in [-0.25, -0.2) is 9.97 Å². The molecule has 0 fully saturated rings. The summed E-state index contributed by atoms with van der Waals surface area (Å²) in [5, 5.41) is 5.51. The monoisotopic (exact) mass is 520 g/mol. The van der Waals surface area contributed by atoms with E-state index in [4.69, 9.17) is 4.84 Å². The summed E-state index contributed by atoms with van der Waals surface area (Å²) in [6, 6.07) is 10.4. The van der Waals surface area contributed by atoms with E-state index in [2.05, 4.69) is 77.5 Å². The molecule has 37 heavy (non-hydrogen) atoms. The maximum Gasteiger partial charge on any atom is 0.147 e. The number of nitrogens with zero attached hydrogens (tertiary/aromatic N) is 4. The highest BCUT2D eigenvalue weighted by molar-refractivity contribution is 7.98. The van der Waals surface area contributed by atoms with E-state index in [9.17, 15) is 0 Å². The normalized spacial score (nSPS) is 12.7. The summed E-state index contributed by atoms with van der Waals surface area (Å²) >= 11 is 1.68. The van der Waals surface area contributed by atoms with Crippen LogP contribution in [-0.2, 0) is 5.75 Å². The van der Waals surface area contributed by atoms with Crippen molar-refractivity contribution in [1.29, 1.82) is 0 Å². The lowest BCUT2D eigenvalue weighted by Crippen LogP contribution is -2.22. The van der Waals surface area contributed by atoms with Gasteiger partial charge in [-0.1, -0.05) is 105 Å². The number of rotatable bonds is 19. The number of hydrogen-bond donors (Lipinski definition) is 0. The van der Waals surface area contributed by atoms with E-state index >= 15 is 0 Å².